The van der Waals surface area contributed by atoms with Crippen LogP contribution in [-0.2, 0) is 5.41 Å². The molecule has 0 amide bonds. The lowest BCUT2D eigenvalue weighted by Crippen LogP contribution is -2.21. The van der Waals surface area contributed by atoms with Crippen molar-refractivity contribution in [3.63, 3.8) is 0 Å². The van der Waals surface area contributed by atoms with E-state index in [1.54, 1.807) is 0 Å². The normalized spacial score (nSPS) is 13.4. The van der Waals surface area contributed by atoms with Crippen molar-refractivity contribution >= 4 is 27.3 Å². The van der Waals surface area contributed by atoms with Gasteiger partial charge in [0.15, 0.2) is 0 Å². The van der Waals surface area contributed by atoms with E-state index in [0.29, 0.717) is 0 Å². The minimum absolute atomic E-state index is 0.212. The summed E-state index contributed by atoms with van der Waals surface area (Å²) in [7, 11) is 0. The van der Waals surface area contributed by atoms with Crippen LogP contribution >= 0.6 is 27.3 Å². The van der Waals surface area contributed by atoms with Gasteiger partial charge in [-0.05, 0) is 42.1 Å². The first-order valence-corrected chi connectivity index (χ1v) is 9.04. The van der Waals surface area contributed by atoms with Crippen molar-refractivity contribution in [1.29, 1.82) is 0 Å². The Labute approximate surface area is 140 Å². The monoisotopic (exact) mass is 365 g/mol. The van der Waals surface area contributed by atoms with Crippen molar-refractivity contribution in [3.8, 4) is 0 Å². The molecule has 0 bridgehead atoms. The molecule has 1 aromatic carbocycles. The van der Waals surface area contributed by atoms with E-state index in [1.807, 2.05) is 11.3 Å². The van der Waals surface area contributed by atoms with Crippen molar-refractivity contribution in [2.75, 3.05) is 6.54 Å². The van der Waals surface area contributed by atoms with Crippen molar-refractivity contribution in [2.45, 2.75) is 46.1 Å². The van der Waals surface area contributed by atoms with Gasteiger partial charge in [0, 0.05) is 14.2 Å². The number of nitrogens with one attached hydrogen (secondary N) is 1. The Bertz CT molecular complexity index is 610. The van der Waals surface area contributed by atoms with Gasteiger partial charge in [0.1, 0.15) is 0 Å². The largest absolute Gasteiger partial charge is 0.306 e. The molecule has 1 aromatic heterocycles. The molecule has 0 spiro atoms. The lowest BCUT2D eigenvalue weighted by Gasteiger charge is -2.20. The first kappa shape index (κ1) is 16.7. The zero-order valence-corrected chi connectivity index (χ0v) is 15.9. The SMILES string of the molecule is CCNC(c1ccc(C(C)(C)C)s1)c1cccc(C)c1Br. The Morgan fingerprint density at radius 2 is 1.90 bits per heavy atom. The number of halogens is 1. The van der Waals surface area contributed by atoms with Crippen LogP contribution < -0.4 is 5.32 Å². The summed E-state index contributed by atoms with van der Waals surface area (Å²) in [5.74, 6) is 0. The lowest BCUT2D eigenvalue weighted by atomic mass is 9.95. The van der Waals surface area contributed by atoms with Crippen LogP contribution in [-0.4, -0.2) is 6.54 Å². The molecule has 0 saturated carbocycles. The van der Waals surface area contributed by atoms with E-state index in [1.165, 1.54) is 25.4 Å². The van der Waals surface area contributed by atoms with Crippen LogP contribution in [0.3, 0.4) is 0 Å². The fourth-order valence-electron chi connectivity index (χ4n) is 2.37. The summed E-state index contributed by atoms with van der Waals surface area (Å²) in [5, 5.41) is 3.63. The third-order valence-corrected chi connectivity index (χ3v) is 6.25. The lowest BCUT2D eigenvalue weighted by molar-refractivity contribution is 0.604. The van der Waals surface area contributed by atoms with Crippen LogP contribution in [0.1, 0.15) is 54.6 Å². The number of aryl methyl sites for hydroxylation is 1. The van der Waals surface area contributed by atoms with Crippen LogP contribution in [0.4, 0.5) is 0 Å². The Morgan fingerprint density at radius 1 is 1.19 bits per heavy atom. The second kappa shape index (κ2) is 6.64. The maximum atomic E-state index is 3.76. The van der Waals surface area contributed by atoms with Gasteiger partial charge in [-0.15, -0.1) is 11.3 Å². The number of hydrogen-bond acceptors (Lipinski definition) is 2. The van der Waals surface area contributed by atoms with Gasteiger partial charge in [-0.25, -0.2) is 0 Å². The molecular weight excluding hydrogens is 342 g/mol. The summed E-state index contributed by atoms with van der Waals surface area (Å²) in [6.45, 7) is 12.1. The van der Waals surface area contributed by atoms with E-state index >= 15 is 0 Å². The van der Waals surface area contributed by atoms with Gasteiger partial charge in [-0.1, -0.05) is 61.8 Å². The van der Waals surface area contributed by atoms with Crippen LogP contribution in [0.2, 0.25) is 0 Å². The highest BCUT2D eigenvalue weighted by atomic mass is 79.9. The Balaban J connectivity index is 2.44. The highest BCUT2D eigenvalue weighted by Gasteiger charge is 2.22. The average Bonchev–Trinajstić information content (AvgIpc) is 2.89. The zero-order valence-electron chi connectivity index (χ0n) is 13.5. The van der Waals surface area contributed by atoms with Crippen LogP contribution in [0.5, 0.6) is 0 Å². The van der Waals surface area contributed by atoms with Crippen molar-refractivity contribution in [3.05, 3.63) is 55.7 Å². The van der Waals surface area contributed by atoms with Gasteiger partial charge in [0.25, 0.3) is 0 Å². The predicted octanol–water partition coefficient (Wildman–Crippen LogP) is 5.82. The van der Waals surface area contributed by atoms with E-state index in [0.717, 1.165) is 6.54 Å². The predicted molar refractivity (Wildman–Crippen MR) is 97.4 cm³/mol. The fraction of sp³-hybridized carbons (Fsp3) is 0.444. The molecule has 1 atom stereocenters. The average molecular weight is 366 g/mol. The Kier molecular flexibility index (Phi) is 5.29. The van der Waals surface area contributed by atoms with Gasteiger partial charge in [0.05, 0.1) is 6.04 Å². The van der Waals surface area contributed by atoms with Crippen molar-refractivity contribution in [1.82, 2.24) is 5.32 Å². The Hall–Kier alpha value is -0.640. The molecule has 3 heteroatoms. The molecule has 1 unspecified atom stereocenters. The van der Waals surface area contributed by atoms with E-state index in [9.17, 15) is 0 Å². The summed E-state index contributed by atoms with van der Waals surface area (Å²) in [4.78, 5) is 2.82. The van der Waals surface area contributed by atoms with Gasteiger partial charge >= 0.3 is 0 Å². The van der Waals surface area contributed by atoms with Crippen molar-refractivity contribution in [2.24, 2.45) is 0 Å². The van der Waals surface area contributed by atoms with E-state index in [4.69, 9.17) is 0 Å². The number of rotatable bonds is 4. The van der Waals surface area contributed by atoms with Gasteiger partial charge in [-0.3, -0.25) is 0 Å². The molecule has 0 fully saturated rings. The second-order valence-corrected chi connectivity index (χ2v) is 8.33. The first-order valence-electron chi connectivity index (χ1n) is 7.43. The summed E-state index contributed by atoms with van der Waals surface area (Å²) < 4.78 is 1.21. The zero-order chi connectivity index (χ0) is 15.6. The minimum Gasteiger partial charge on any atom is -0.306 e. The maximum Gasteiger partial charge on any atom is 0.0682 e. The van der Waals surface area contributed by atoms with E-state index in [-0.39, 0.29) is 11.5 Å². The standard InChI is InChI=1S/C18H24BrNS/c1-6-20-17(13-9-7-8-12(2)16(13)19)14-10-11-15(21-14)18(3,4)5/h7-11,17,20H,6H2,1-5H3. The molecular formula is C18H24BrNS. The highest BCUT2D eigenvalue weighted by molar-refractivity contribution is 9.10. The van der Waals surface area contributed by atoms with E-state index < -0.39 is 0 Å². The van der Waals surface area contributed by atoms with E-state index in [2.05, 4.69) is 86.2 Å². The van der Waals surface area contributed by atoms with Crippen molar-refractivity contribution < 1.29 is 0 Å². The molecule has 0 saturated heterocycles. The summed E-state index contributed by atoms with van der Waals surface area (Å²) in [6, 6.07) is 11.3. The molecule has 2 rings (SSSR count). The minimum atomic E-state index is 0.212. The summed E-state index contributed by atoms with van der Waals surface area (Å²) in [6.07, 6.45) is 0. The smallest absolute Gasteiger partial charge is 0.0682 e. The number of hydrogen-bond donors (Lipinski definition) is 1. The van der Waals surface area contributed by atoms with Crippen LogP contribution in [0.25, 0.3) is 0 Å². The molecule has 21 heavy (non-hydrogen) atoms. The number of thiophene rings is 1. The van der Waals surface area contributed by atoms with Gasteiger partial charge < -0.3 is 5.32 Å². The van der Waals surface area contributed by atoms with Crippen LogP contribution in [0, 0.1) is 6.92 Å². The summed E-state index contributed by atoms with van der Waals surface area (Å²) in [5.41, 5.74) is 2.81. The number of benzene rings is 1. The van der Waals surface area contributed by atoms with Crippen LogP contribution in [0.15, 0.2) is 34.8 Å². The third kappa shape index (κ3) is 3.77. The second-order valence-electron chi connectivity index (χ2n) is 6.42. The highest BCUT2D eigenvalue weighted by Crippen LogP contribution is 2.37. The van der Waals surface area contributed by atoms with Gasteiger partial charge in [-0.2, -0.15) is 0 Å². The Morgan fingerprint density at radius 3 is 2.48 bits per heavy atom. The molecule has 1 N–H and O–H groups in total. The molecule has 0 radical (unpaired) electrons. The topological polar surface area (TPSA) is 12.0 Å². The van der Waals surface area contributed by atoms with Gasteiger partial charge in [0.2, 0.25) is 0 Å². The molecule has 0 aliphatic heterocycles. The molecule has 114 valence electrons. The third-order valence-electron chi connectivity index (χ3n) is 3.59. The fourth-order valence-corrected chi connectivity index (χ4v) is 4.03. The molecule has 0 aliphatic rings. The molecule has 0 aliphatic carbocycles. The maximum absolute atomic E-state index is 3.76. The molecule has 1 nitrogen and oxygen atoms in total. The molecule has 1 heterocycles. The quantitative estimate of drug-likeness (QED) is 0.719. The molecule has 2 aromatic rings. The summed E-state index contributed by atoms with van der Waals surface area (Å²) >= 11 is 5.67. The first-order chi connectivity index (χ1) is 9.84.